The van der Waals surface area contributed by atoms with Crippen LogP contribution in [0.3, 0.4) is 0 Å². The Labute approximate surface area is 198 Å². The van der Waals surface area contributed by atoms with Gasteiger partial charge in [0.2, 0.25) is 5.91 Å². The summed E-state index contributed by atoms with van der Waals surface area (Å²) in [6, 6.07) is 17.3. The highest BCUT2D eigenvalue weighted by Gasteiger charge is 2.47. The van der Waals surface area contributed by atoms with Crippen LogP contribution in [0.1, 0.15) is 23.1 Å². The smallest absolute Gasteiger partial charge is 0.224 e. The van der Waals surface area contributed by atoms with Gasteiger partial charge in [0.15, 0.2) is 0 Å². The summed E-state index contributed by atoms with van der Waals surface area (Å²) >= 11 is 0. The van der Waals surface area contributed by atoms with Gasteiger partial charge in [-0.05, 0) is 41.3 Å². The van der Waals surface area contributed by atoms with Crippen molar-refractivity contribution in [3.8, 4) is 5.75 Å². The first-order valence-corrected chi connectivity index (χ1v) is 11.7. The maximum Gasteiger partial charge on any atom is 0.224 e. The van der Waals surface area contributed by atoms with Crippen molar-refractivity contribution >= 4 is 5.91 Å². The quantitative estimate of drug-likeness (QED) is 0.591. The Morgan fingerprint density at radius 3 is 2.79 bits per heavy atom. The molecule has 1 saturated carbocycles. The molecule has 2 heterocycles. The molecule has 6 nitrogen and oxygen atoms in total. The predicted octanol–water partition coefficient (Wildman–Crippen LogP) is 2.89. The maximum absolute atomic E-state index is 13.7. The maximum atomic E-state index is 13.7. The summed E-state index contributed by atoms with van der Waals surface area (Å²) in [6.45, 7) is 1.47. The van der Waals surface area contributed by atoms with Crippen LogP contribution in [0.15, 0.2) is 73.1 Å². The van der Waals surface area contributed by atoms with Gasteiger partial charge in [-0.1, -0.05) is 36.4 Å². The number of carbonyl (C=O) groups is 1. The molecule has 0 unspecified atom stereocenters. The number of nitrogens with one attached hydrogen (secondary N) is 1. The lowest BCUT2D eigenvalue weighted by atomic mass is 9.97. The highest BCUT2D eigenvalue weighted by atomic mass is 19.1. The van der Waals surface area contributed by atoms with Crippen molar-refractivity contribution in [2.24, 2.45) is 0 Å². The van der Waals surface area contributed by atoms with Crippen molar-refractivity contribution in [2.75, 3.05) is 6.54 Å². The molecule has 1 fully saturated rings. The molecule has 0 spiro atoms. The molecular weight excluding hydrogens is 433 g/mol. The fraction of sp³-hybridized carbons (Fsp3) is 0.333. The molecule has 1 amide bonds. The number of hydrogen-bond acceptors (Lipinski definition) is 5. The van der Waals surface area contributed by atoms with Crippen LogP contribution >= 0.6 is 0 Å². The van der Waals surface area contributed by atoms with Gasteiger partial charge in [-0.15, -0.1) is 0 Å². The van der Waals surface area contributed by atoms with Gasteiger partial charge in [0.1, 0.15) is 23.8 Å². The minimum atomic E-state index is -0.836. The molecule has 2 aromatic carbocycles. The minimum absolute atomic E-state index is 0.126. The molecule has 0 radical (unpaired) electrons. The van der Waals surface area contributed by atoms with Gasteiger partial charge in [-0.2, -0.15) is 0 Å². The zero-order valence-electron chi connectivity index (χ0n) is 18.8. The van der Waals surface area contributed by atoms with Gasteiger partial charge in [0, 0.05) is 38.0 Å². The summed E-state index contributed by atoms with van der Waals surface area (Å²) in [4.78, 5) is 19.2. The van der Waals surface area contributed by atoms with Crippen molar-refractivity contribution in [1.29, 1.82) is 0 Å². The molecule has 7 heteroatoms. The number of amides is 1. The molecule has 4 atom stereocenters. The second-order valence-electron chi connectivity index (χ2n) is 9.03. The summed E-state index contributed by atoms with van der Waals surface area (Å²) < 4.78 is 19.7. The molecule has 2 aliphatic rings. The van der Waals surface area contributed by atoms with E-state index in [1.54, 1.807) is 30.6 Å². The zero-order valence-corrected chi connectivity index (χ0v) is 18.8. The van der Waals surface area contributed by atoms with Crippen LogP contribution in [-0.4, -0.2) is 51.7 Å². The minimum Gasteiger partial charge on any atom is -0.487 e. The lowest BCUT2D eigenvalue weighted by molar-refractivity contribution is -0.121. The monoisotopic (exact) mass is 461 g/mol. The number of carbonyl (C=O) groups excluding carboxylic acids is 1. The van der Waals surface area contributed by atoms with Crippen LogP contribution < -0.4 is 10.1 Å². The van der Waals surface area contributed by atoms with E-state index in [0.29, 0.717) is 18.7 Å². The first-order chi connectivity index (χ1) is 16.6. The Morgan fingerprint density at radius 1 is 1.15 bits per heavy atom. The van der Waals surface area contributed by atoms with Gasteiger partial charge in [0.05, 0.1) is 18.5 Å². The van der Waals surface area contributed by atoms with E-state index in [1.165, 1.54) is 23.3 Å². The third-order valence-corrected chi connectivity index (χ3v) is 6.73. The first kappa shape index (κ1) is 22.5. The van der Waals surface area contributed by atoms with E-state index >= 15 is 0 Å². The third kappa shape index (κ3) is 4.95. The summed E-state index contributed by atoms with van der Waals surface area (Å²) in [7, 11) is 0. The lowest BCUT2D eigenvalue weighted by Gasteiger charge is -2.38. The number of halogens is 1. The number of rotatable bonds is 6. The van der Waals surface area contributed by atoms with Crippen LogP contribution in [0.4, 0.5) is 4.39 Å². The second kappa shape index (κ2) is 9.91. The molecule has 1 aliphatic carbocycles. The predicted molar refractivity (Wildman–Crippen MR) is 126 cm³/mol. The summed E-state index contributed by atoms with van der Waals surface area (Å²) in [5.74, 6) is -0.149. The molecule has 3 aromatic rings. The molecule has 1 aliphatic heterocycles. The van der Waals surface area contributed by atoms with E-state index in [4.69, 9.17) is 4.74 Å². The molecule has 1 aromatic heterocycles. The van der Waals surface area contributed by atoms with Crippen LogP contribution in [0.2, 0.25) is 0 Å². The zero-order chi connectivity index (χ0) is 23.5. The van der Waals surface area contributed by atoms with Crippen molar-refractivity contribution in [3.05, 3.63) is 95.6 Å². The fourth-order valence-corrected chi connectivity index (χ4v) is 5.15. The summed E-state index contributed by atoms with van der Waals surface area (Å²) in [5.41, 5.74) is 3.38. The fourth-order valence-electron chi connectivity index (χ4n) is 5.15. The molecule has 2 N–H and O–H groups in total. The Hall–Kier alpha value is -3.29. The number of aliphatic hydroxyl groups is 1. The number of aliphatic hydroxyl groups excluding tert-OH is 1. The molecule has 5 rings (SSSR count). The van der Waals surface area contributed by atoms with Gasteiger partial charge in [0.25, 0.3) is 0 Å². The van der Waals surface area contributed by atoms with Gasteiger partial charge in [-0.3, -0.25) is 14.7 Å². The van der Waals surface area contributed by atoms with E-state index in [0.717, 1.165) is 18.5 Å². The van der Waals surface area contributed by atoms with E-state index in [9.17, 15) is 14.3 Å². The van der Waals surface area contributed by atoms with Crippen LogP contribution in [0.5, 0.6) is 5.75 Å². The van der Waals surface area contributed by atoms with E-state index < -0.39 is 18.0 Å². The largest absolute Gasteiger partial charge is 0.487 e. The molecule has 176 valence electrons. The Bertz CT molecular complexity index is 1140. The highest BCUT2D eigenvalue weighted by Crippen LogP contribution is 2.32. The van der Waals surface area contributed by atoms with Crippen molar-refractivity contribution in [2.45, 2.75) is 50.1 Å². The van der Waals surface area contributed by atoms with Gasteiger partial charge in [-0.25, -0.2) is 4.39 Å². The average Bonchev–Trinajstić information content (AvgIpc) is 3.13. The Balaban J connectivity index is 1.35. The number of benzene rings is 2. The SMILES string of the molecule is O=C(Cc1cccnc1)N[C@@H]1C[C@@H](Oc2cccc(F)c2)[C@H](O)[C@H]1N1CCc2ccccc2C1. The number of nitrogens with zero attached hydrogens (tertiary/aromatic N) is 2. The lowest BCUT2D eigenvalue weighted by Crippen LogP contribution is -2.54. The van der Waals surface area contributed by atoms with Gasteiger partial charge >= 0.3 is 0 Å². The highest BCUT2D eigenvalue weighted by molar-refractivity contribution is 5.79. The van der Waals surface area contributed by atoms with Gasteiger partial charge < -0.3 is 15.2 Å². The second-order valence-corrected chi connectivity index (χ2v) is 9.03. The Kier molecular flexibility index (Phi) is 6.56. The molecule has 0 bridgehead atoms. The number of ether oxygens (including phenoxy) is 1. The van der Waals surface area contributed by atoms with Crippen LogP contribution in [-0.2, 0) is 24.2 Å². The number of fused-ring (bicyclic) bond motifs is 1. The summed E-state index contributed by atoms with van der Waals surface area (Å²) in [5, 5.41) is 14.5. The standard InChI is InChI=1S/C27H28FN3O3/c28-21-8-3-9-22(14-21)34-24-15-23(30-25(32)13-18-5-4-11-29-16-18)26(27(24)33)31-12-10-19-6-1-2-7-20(19)17-31/h1-9,11,14,16,23-24,26-27,33H,10,12-13,15,17H2,(H,30,32)/t23-,24-,26+,27+/m1/s1. The number of aromatic nitrogens is 1. The topological polar surface area (TPSA) is 74.7 Å². The number of pyridine rings is 1. The third-order valence-electron chi connectivity index (χ3n) is 6.73. The van der Waals surface area contributed by atoms with E-state index in [2.05, 4.69) is 27.3 Å². The van der Waals surface area contributed by atoms with Crippen LogP contribution in [0.25, 0.3) is 0 Å². The molecular formula is C27H28FN3O3. The normalized spacial score (nSPS) is 24.4. The van der Waals surface area contributed by atoms with Crippen molar-refractivity contribution in [3.63, 3.8) is 0 Å². The van der Waals surface area contributed by atoms with E-state index in [-0.39, 0.29) is 24.4 Å². The first-order valence-electron chi connectivity index (χ1n) is 11.7. The Morgan fingerprint density at radius 2 is 2.00 bits per heavy atom. The molecule has 0 saturated heterocycles. The van der Waals surface area contributed by atoms with Crippen molar-refractivity contribution < 1.29 is 19.0 Å². The van der Waals surface area contributed by atoms with E-state index in [1.807, 2.05) is 18.2 Å². The molecule has 34 heavy (non-hydrogen) atoms. The average molecular weight is 462 g/mol. The number of hydrogen-bond donors (Lipinski definition) is 2. The van der Waals surface area contributed by atoms with Crippen molar-refractivity contribution in [1.82, 2.24) is 15.2 Å². The summed E-state index contributed by atoms with van der Waals surface area (Å²) in [6.07, 6.45) is 3.48. The van der Waals surface area contributed by atoms with Crippen LogP contribution in [0, 0.1) is 5.82 Å².